The summed E-state index contributed by atoms with van der Waals surface area (Å²) in [4.78, 5) is 20.2. The quantitative estimate of drug-likeness (QED) is 0.530. The molecule has 0 unspecified atom stereocenters. The smallest absolute Gasteiger partial charge is 0.283 e. The van der Waals surface area contributed by atoms with E-state index in [-0.39, 0.29) is 28.7 Å². The summed E-state index contributed by atoms with van der Waals surface area (Å²) in [5.41, 5.74) is 11.8. The van der Waals surface area contributed by atoms with Gasteiger partial charge in [0.1, 0.15) is 17.5 Å². The van der Waals surface area contributed by atoms with Crippen molar-refractivity contribution in [2.24, 2.45) is 0 Å². The zero-order chi connectivity index (χ0) is 18.7. The minimum atomic E-state index is -0.477. The topological polar surface area (TPSA) is 145 Å². The molecule has 9 heteroatoms. The lowest BCUT2D eigenvalue weighted by molar-refractivity contribution is -0.387. The number of nitrogens with zero attached hydrogens (tertiary/aromatic N) is 4. The number of nitriles is 1. The number of benzene rings is 2. The molecule has 4 N–H and O–H groups in total. The van der Waals surface area contributed by atoms with Crippen molar-refractivity contribution in [2.75, 3.05) is 11.5 Å². The molecule has 0 saturated carbocycles. The van der Waals surface area contributed by atoms with Crippen molar-refractivity contribution in [3.05, 3.63) is 64.2 Å². The molecule has 26 heavy (non-hydrogen) atoms. The molecule has 3 aromatic rings. The Balaban J connectivity index is 2.11. The van der Waals surface area contributed by atoms with Gasteiger partial charge < -0.3 is 11.5 Å². The van der Waals surface area contributed by atoms with Crippen LogP contribution in [-0.2, 0) is 0 Å². The van der Waals surface area contributed by atoms with Gasteiger partial charge in [-0.3, -0.25) is 10.1 Å². The Bertz CT molecular complexity index is 1030. The summed E-state index contributed by atoms with van der Waals surface area (Å²) in [5.74, 6) is -0.178. The Hall–Kier alpha value is -3.64. The van der Waals surface area contributed by atoms with Gasteiger partial charge in [-0.1, -0.05) is 36.0 Å². The van der Waals surface area contributed by atoms with Gasteiger partial charge in [0.15, 0.2) is 0 Å². The molecule has 1 heterocycles. The Morgan fingerprint density at radius 3 is 2.50 bits per heavy atom. The van der Waals surface area contributed by atoms with Gasteiger partial charge >= 0.3 is 0 Å². The van der Waals surface area contributed by atoms with Crippen LogP contribution in [0.1, 0.15) is 5.56 Å². The second kappa shape index (κ2) is 7.08. The van der Waals surface area contributed by atoms with E-state index in [1.165, 1.54) is 17.8 Å². The summed E-state index contributed by atoms with van der Waals surface area (Å²) in [5, 5.41) is 20.8. The van der Waals surface area contributed by atoms with Crippen molar-refractivity contribution in [1.29, 1.82) is 5.26 Å². The molecule has 3 rings (SSSR count). The lowest BCUT2D eigenvalue weighted by Crippen LogP contribution is -2.05. The minimum Gasteiger partial charge on any atom is -0.382 e. The van der Waals surface area contributed by atoms with Crippen LogP contribution in [0, 0.1) is 21.4 Å². The number of aromatic nitrogens is 2. The first kappa shape index (κ1) is 17.2. The summed E-state index contributed by atoms with van der Waals surface area (Å²) in [6, 6.07) is 15.8. The standard InChI is InChI=1S/C17H12N6O2S/c18-9-12-15(21-17(20)22-16(12)19)10-6-7-14(13(8-10)23(24)25)26-11-4-2-1-3-5-11/h1-8H,(H4,19,20,21,22). The summed E-state index contributed by atoms with van der Waals surface area (Å²) in [6.07, 6.45) is 0. The molecule has 0 fully saturated rings. The normalized spacial score (nSPS) is 10.3. The lowest BCUT2D eigenvalue weighted by atomic mass is 10.1. The first-order valence-corrected chi connectivity index (χ1v) is 8.16. The monoisotopic (exact) mass is 364 g/mol. The van der Waals surface area contributed by atoms with Crippen LogP contribution in [-0.4, -0.2) is 14.9 Å². The van der Waals surface area contributed by atoms with Crippen LogP contribution in [0.4, 0.5) is 17.5 Å². The van der Waals surface area contributed by atoms with E-state index in [2.05, 4.69) is 9.97 Å². The zero-order valence-electron chi connectivity index (χ0n) is 13.3. The molecule has 0 aliphatic heterocycles. The molecule has 2 aromatic carbocycles. The first-order chi connectivity index (χ1) is 12.5. The number of hydrogen-bond acceptors (Lipinski definition) is 8. The number of nitrogen functional groups attached to an aromatic ring is 2. The average Bonchev–Trinajstić information content (AvgIpc) is 2.62. The Labute approximate surface area is 152 Å². The molecule has 0 aliphatic rings. The fraction of sp³-hybridized carbons (Fsp3) is 0. The molecular weight excluding hydrogens is 352 g/mol. The van der Waals surface area contributed by atoms with Crippen LogP contribution < -0.4 is 11.5 Å². The predicted octanol–water partition coefficient (Wildman–Crippen LogP) is 3.24. The highest BCUT2D eigenvalue weighted by Crippen LogP contribution is 2.38. The molecule has 0 bridgehead atoms. The van der Waals surface area contributed by atoms with E-state index in [1.54, 1.807) is 12.1 Å². The molecule has 0 atom stereocenters. The largest absolute Gasteiger partial charge is 0.382 e. The molecule has 0 amide bonds. The van der Waals surface area contributed by atoms with Crippen molar-refractivity contribution in [1.82, 2.24) is 9.97 Å². The summed E-state index contributed by atoms with van der Waals surface area (Å²) in [7, 11) is 0. The van der Waals surface area contributed by atoms with Crippen LogP contribution in [0.5, 0.6) is 0 Å². The maximum Gasteiger partial charge on any atom is 0.283 e. The van der Waals surface area contributed by atoms with Crippen molar-refractivity contribution in [3.63, 3.8) is 0 Å². The fourth-order valence-electron chi connectivity index (χ4n) is 2.32. The van der Waals surface area contributed by atoms with E-state index in [0.717, 1.165) is 4.90 Å². The Morgan fingerprint density at radius 1 is 1.12 bits per heavy atom. The molecule has 128 valence electrons. The molecule has 0 spiro atoms. The van der Waals surface area contributed by atoms with E-state index < -0.39 is 4.92 Å². The van der Waals surface area contributed by atoms with Crippen molar-refractivity contribution >= 4 is 29.2 Å². The number of anilines is 2. The van der Waals surface area contributed by atoms with Crippen LogP contribution >= 0.6 is 11.8 Å². The van der Waals surface area contributed by atoms with Gasteiger partial charge in [0.05, 0.1) is 15.5 Å². The zero-order valence-corrected chi connectivity index (χ0v) is 14.1. The van der Waals surface area contributed by atoms with Gasteiger partial charge in [-0.05, 0) is 18.2 Å². The summed E-state index contributed by atoms with van der Waals surface area (Å²) < 4.78 is 0. The number of nitro groups is 1. The van der Waals surface area contributed by atoms with E-state index in [1.807, 2.05) is 36.4 Å². The van der Waals surface area contributed by atoms with E-state index in [9.17, 15) is 15.4 Å². The summed E-state index contributed by atoms with van der Waals surface area (Å²) >= 11 is 1.27. The lowest BCUT2D eigenvalue weighted by Gasteiger charge is -2.08. The molecule has 1 aromatic heterocycles. The Morgan fingerprint density at radius 2 is 1.85 bits per heavy atom. The van der Waals surface area contributed by atoms with Crippen LogP contribution in [0.25, 0.3) is 11.3 Å². The van der Waals surface area contributed by atoms with Crippen molar-refractivity contribution < 1.29 is 4.92 Å². The molecule has 0 aliphatic carbocycles. The highest BCUT2D eigenvalue weighted by atomic mass is 32.2. The second-order valence-electron chi connectivity index (χ2n) is 5.16. The number of nitro benzene ring substituents is 1. The molecule has 8 nitrogen and oxygen atoms in total. The Kier molecular flexibility index (Phi) is 4.68. The van der Waals surface area contributed by atoms with Crippen molar-refractivity contribution in [2.45, 2.75) is 9.79 Å². The van der Waals surface area contributed by atoms with Gasteiger partial charge in [0.25, 0.3) is 5.69 Å². The average molecular weight is 364 g/mol. The third-order valence-electron chi connectivity index (χ3n) is 3.47. The van der Waals surface area contributed by atoms with Crippen molar-refractivity contribution in [3.8, 4) is 17.3 Å². The SMILES string of the molecule is N#Cc1c(N)nc(N)nc1-c1ccc(Sc2ccccc2)c([N+](=O)[O-])c1. The highest BCUT2D eigenvalue weighted by Gasteiger charge is 2.20. The highest BCUT2D eigenvalue weighted by molar-refractivity contribution is 7.99. The fourth-order valence-corrected chi connectivity index (χ4v) is 3.25. The van der Waals surface area contributed by atoms with Crippen LogP contribution in [0.3, 0.4) is 0 Å². The minimum absolute atomic E-state index is 0.0250. The van der Waals surface area contributed by atoms with E-state index in [4.69, 9.17) is 11.5 Å². The van der Waals surface area contributed by atoms with Gasteiger partial charge in [0, 0.05) is 16.5 Å². The number of rotatable bonds is 4. The van der Waals surface area contributed by atoms with E-state index in [0.29, 0.717) is 10.5 Å². The molecule has 0 radical (unpaired) electrons. The number of hydrogen-bond donors (Lipinski definition) is 2. The third kappa shape index (κ3) is 3.40. The van der Waals surface area contributed by atoms with Crippen LogP contribution in [0.2, 0.25) is 0 Å². The second-order valence-corrected chi connectivity index (χ2v) is 6.27. The van der Waals surface area contributed by atoms with Gasteiger partial charge in [-0.15, -0.1) is 0 Å². The molecular formula is C17H12N6O2S. The summed E-state index contributed by atoms with van der Waals surface area (Å²) in [6.45, 7) is 0. The van der Waals surface area contributed by atoms with Gasteiger partial charge in [-0.25, -0.2) is 4.98 Å². The van der Waals surface area contributed by atoms with E-state index >= 15 is 0 Å². The maximum absolute atomic E-state index is 11.5. The van der Waals surface area contributed by atoms with Gasteiger partial charge in [0.2, 0.25) is 5.95 Å². The van der Waals surface area contributed by atoms with Gasteiger partial charge in [-0.2, -0.15) is 10.2 Å². The number of nitrogens with two attached hydrogens (primary N) is 2. The first-order valence-electron chi connectivity index (χ1n) is 7.34. The predicted molar refractivity (Wildman–Crippen MR) is 98.2 cm³/mol. The third-order valence-corrected chi connectivity index (χ3v) is 4.54. The molecule has 0 saturated heterocycles. The van der Waals surface area contributed by atoms with Crippen LogP contribution in [0.15, 0.2) is 58.3 Å². The maximum atomic E-state index is 11.5.